The van der Waals surface area contributed by atoms with Crippen molar-refractivity contribution < 1.29 is 33.7 Å². The Morgan fingerprint density at radius 1 is 1.30 bits per heavy atom. The molecule has 2 rings (SSSR count). The number of carboxylic acid groups (broad SMARTS) is 1. The Morgan fingerprint density at radius 3 is 2.39 bits per heavy atom. The number of nitrogens with one attached hydrogen (secondary N) is 1. The van der Waals surface area contributed by atoms with Crippen molar-refractivity contribution >= 4 is 18.0 Å². The molecule has 0 bridgehead atoms. The van der Waals surface area contributed by atoms with Gasteiger partial charge < -0.3 is 29.5 Å². The standard InChI is InChI=1S/C14H22N2O7/c1-8(2)10(15-13(20)21-3)11(17)16-7-14(22-4-5-23-14)6-9(16)12(18)19/h8-10H,4-7H2,1-3H3,(H,15,20)(H,18,19)/t9-,10?/m0/s1. The van der Waals surface area contributed by atoms with Crippen LogP contribution >= 0.6 is 0 Å². The number of likely N-dealkylation sites (tertiary alicyclic amines) is 1. The molecular weight excluding hydrogens is 308 g/mol. The Labute approximate surface area is 133 Å². The minimum Gasteiger partial charge on any atom is -0.480 e. The van der Waals surface area contributed by atoms with E-state index in [9.17, 15) is 19.5 Å². The zero-order chi connectivity index (χ0) is 17.2. The molecule has 130 valence electrons. The normalized spacial score (nSPS) is 24.0. The highest BCUT2D eigenvalue weighted by atomic mass is 16.7. The quantitative estimate of drug-likeness (QED) is 0.733. The number of nitrogens with zero attached hydrogens (tertiary/aromatic N) is 1. The van der Waals surface area contributed by atoms with E-state index in [2.05, 4.69) is 10.1 Å². The molecule has 2 fully saturated rings. The number of methoxy groups -OCH3 is 1. The number of amides is 2. The summed E-state index contributed by atoms with van der Waals surface area (Å²) in [5.41, 5.74) is 0. The van der Waals surface area contributed by atoms with Crippen LogP contribution in [0.25, 0.3) is 0 Å². The van der Waals surface area contributed by atoms with Gasteiger partial charge in [-0.05, 0) is 5.92 Å². The Kier molecular flexibility index (Phi) is 5.10. The van der Waals surface area contributed by atoms with Gasteiger partial charge in [0.15, 0.2) is 5.79 Å². The zero-order valence-corrected chi connectivity index (χ0v) is 13.4. The van der Waals surface area contributed by atoms with E-state index in [1.54, 1.807) is 13.8 Å². The summed E-state index contributed by atoms with van der Waals surface area (Å²) < 4.78 is 15.6. The molecule has 9 nitrogen and oxygen atoms in total. The predicted octanol–water partition coefficient (Wildman–Crippen LogP) is -0.204. The maximum atomic E-state index is 12.8. The molecule has 2 amide bonds. The average molecular weight is 330 g/mol. The first kappa shape index (κ1) is 17.5. The van der Waals surface area contributed by atoms with Gasteiger partial charge in [-0.15, -0.1) is 0 Å². The number of carbonyl (C=O) groups is 3. The summed E-state index contributed by atoms with van der Waals surface area (Å²) in [7, 11) is 1.20. The highest BCUT2D eigenvalue weighted by Gasteiger charge is 2.53. The van der Waals surface area contributed by atoms with Crippen molar-refractivity contribution in [3.05, 3.63) is 0 Å². The van der Waals surface area contributed by atoms with E-state index in [1.807, 2.05) is 0 Å². The van der Waals surface area contributed by atoms with Crippen LogP contribution in [0.5, 0.6) is 0 Å². The second-order valence-electron chi connectivity index (χ2n) is 5.99. The number of carbonyl (C=O) groups excluding carboxylic acids is 2. The van der Waals surface area contributed by atoms with Crippen LogP contribution in [0.2, 0.25) is 0 Å². The highest BCUT2D eigenvalue weighted by Crippen LogP contribution is 2.35. The van der Waals surface area contributed by atoms with Gasteiger partial charge in [-0.3, -0.25) is 4.79 Å². The van der Waals surface area contributed by atoms with E-state index >= 15 is 0 Å². The number of rotatable bonds is 4. The summed E-state index contributed by atoms with van der Waals surface area (Å²) in [5.74, 6) is -2.92. The van der Waals surface area contributed by atoms with Gasteiger partial charge >= 0.3 is 12.1 Å². The largest absolute Gasteiger partial charge is 0.480 e. The summed E-state index contributed by atoms with van der Waals surface area (Å²) >= 11 is 0. The molecule has 0 aliphatic carbocycles. The SMILES string of the molecule is COC(=O)NC(C(=O)N1CC2(C[C@H]1C(=O)O)OCCO2)C(C)C. The monoisotopic (exact) mass is 330 g/mol. The van der Waals surface area contributed by atoms with Gasteiger partial charge in [0.05, 0.1) is 26.9 Å². The fourth-order valence-electron chi connectivity index (χ4n) is 2.88. The number of hydrogen-bond acceptors (Lipinski definition) is 6. The Morgan fingerprint density at radius 2 is 1.91 bits per heavy atom. The summed E-state index contributed by atoms with van der Waals surface area (Å²) in [6.45, 7) is 4.25. The van der Waals surface area contributed by atoms with Crippen molar-refractivity contribution in [3.8, 4) is 0 Å². The molecule has 0 saturated carbocycles. The van der Waals surface area contributed by atoms with Crippen LogP contribution in [0.3, 0.4) is 0 Å². The van der Waals surface area contributed by atoms with Crippen molar-refractivity contribution in [2.45, 2.75) is 38.1 Å². The Bertz CT molecular complexity index is 488. The topological polar surface area (TPSA) is 114 Å². The van der Waals surface area contributed by atoms with Crippen LogP contribution in [0.4, 0.5) is 4.79 Å². The van der Waals surface area contributed by atoms with Crippen LogP contribution in [-0.4, -0.2) is 72.7 Å². The first-order valence-corrected chi connectivity index (χ1v) is 7.45. The summed E-state index contributed by atoms with van der Waals surface area (Å²) in [5, 5.41) is 11.9. The van der Waals surface area contributed by atoms with Gasteiger partial charge in [-0.1, -0.05) is 13.8 Å². The minimum atomic E-state index is -1.13. The van der Waals surface area contributed by atoms with Gasteiger partial charge in [-0.25, -0.2) is 9.59 Å². The Hall–Kier alpha value is -1.87. The van der Waals surface area contributed by atoms with Crippen molar-refractivity contribution in [2.75, 3.05) is 26.9 Å². The highest BCUT2D eigenvalue weighted by molar-refractivity contribution is 5.90. The lowest BCUT2D eigenvalue weighted by Crippen LogP contribution is -2.54. The van der Waals surface area contributed by atoms with Crippen LogP contribution in [0.15, 0.2) is 0 Å². The molecule has 1 unspecified atom stereocenters. The van der Waals surface area contributed by atoms with E-state index < -0.39 is 35.8 Å². The van der Waals surface area contributed by atoms with Crippen LogP contribution in [-0.2, 0) is 23.8 Å². The van der Waals surface area contributed by atoms with Crippen LogP contribution in [0, 0.1) is 5.92 Å². The van der Waals surface area contributed by atoms with Gasteiger partial charge in [0.1, 0.15) is 12.1 Å². The number of carboxylic acids is 1. The molecule has 1 spiro atoms. The Balaban J connectivity index is 2.19. The van der Waals surface area contributed by atoms with E-state index in [4.69, 9.17) is 9.47 Å². The molecule has 2 saturated heterocycles. The van der Waals surface area contributed by atoms with Crippen LogP contribution in [0.1, 0.15) is 20.3 Å². The molecule has 0 aromatic rings. The number of aliphatic carboxylic acids is 1. The molecule has 23 heavy (non-hydrogen) atoms. The molecular formula is C14H22N2O7. The van der Waals surface area contributed by atoms with Gasteiger partial charge in [0.2, 0.25) is 5.91 Å². The smallest absolute Gasteiger partial charge is 0.407 e. The first-order chi connectivity index (χ1) is 10.8. The molecule has 2 N–H and O–H groups in total. The lowest BCUT2D eigenvalue weighted by molar-refractivity contribution is -0.153. The predicted molar refractivity (Wildman–Crippen MR) is 76.6 cm³/mol. The molecule has 0 aromatic carbocycles. The van der Waals surface area contributed by atoms with E-state index in [0.29, 0.717) is 13.2 Å². The molecule has 9 heteroatoms. The molecule has 2 aliphatic rings. The van der Waals surface area contributed by atoms with Crippen molar-refractivity contribution in [1.29, 1.82) is 0 Å². The third-order valence-electron chi connectivity index (χ3n) is 4.06. The van der Waals surface area contributed by atoms with Crippen molar-refractivity contribution in [2.24, 2.45) is 5.92 Å². The third kappa shape index (κ3) is 3.56. The summed E-state index contributed by atoms with van der Waals surface area (Å²) in [6, 6.07) is -1.94. The first-order valence-electron chi connectivity index (χ1n) is 7.45. The summed E-state index contributed by atoms with van der Waals surface area (Å²) in [4.78, 5) is 36.9. The lowest BCUT2D eigenvalue weighted by atomic mass is 10.0. The molecule has 0 radical (unpaired) electrons. The fourth-order valence-corrected chi connectivity index (χ4v) is 2.88. The second kappa shape index (κ2) is 6.71. The lowest BCUT2D eigenvalue weighted by Gasteiger charge is -2.29. The van der Waals surface area contributed by atoms with Gasteiger partial charge in [-0.2, -0.15) is 0 Å². The second-order valence-corrected chi connectivity index (χ2v) is 5.99. The van der Waals surface area contributed by atoms with Gasteiger partial charge in [0, 0.05) is 6.42 Å². The van der Waals surface area contributed by atoms with E-state index in [0.717, 1.165) is 0 Å². The summed E-state index contributed by atoms with van der Waals surface area (Å²) in [6.07, 6.45) is -0.678. The van der Waals surface area contributed by atoms with Crippen molar-refractivity contribution in [3.63, 3.8) is 0 Å². The van der Waals surface area contributed by atoms with Crippen molar-refractivity contribution in [1.82, 2.24) is 10.2 Å². The number of alkyl carbamates (subject to hydrolysis) is 1. The van der Waals surface area contributed by atoms with E-state index in [1.165, 1.54) is 12.0 Å². The molecule has 2 heterocycles. The molecule has 0 aromatic heterocycles. The zero-order valence-electron chi connectivity index (χ0n) is 13.4. The minimum absolute atomic E-state index is 0.0227. The molecule has 2 aliphatic heterocycles. The molecule has 2 atom stereocenters. The maximum absolute atomic E-state index is 12.8. The third-order valence-corrected chi connectivity index (χ3v) is 4.06. The van der Waals surface area contributed by atoms with E-state index in [-0.39, 0.29) is 18.9 Å². The fraction of sp³-hybridized carbons (Fsp3) is 0.786. The van der Waals surface area contributed by atoms with Gasteiger partial charge in [0.25, 0.3) is 0 Å². The number of ether oxygens (including phenoxy) is 3. The number of hydrogen-bond donors (Lipinski definition) is 2. The maximum Gasteiger partial charge on any atom is 0.407 e. The van der Waals surface area contributed by atoms with Crippen LogP contribution < -0.4 is 5.32 Å². The average Bonchev–Trinajstić information content (AvgIpc) is 3.11.